The average Bonchev–Trinajstić information content (AvgIpc) is 3.09. The van der Waals surface area contributed by atoms with Gasteiger partial charge >= 0.3 is 0 Å². The van der Waals surface area contributed by atoms with Crippen molar-refractivity contribution in [1.82, 2.24) is 20.2 Å². The molecule has 1 heterocycles. The minimum Gasteiger partial charge on any atom is -0.497 e. The standard InChI is InChI=1S/C17H16FN5O2S/c1-25-13-8-6-12(7-9-13)10-23-17(20-21-22-23)26-11-16(24)19-15-5-3-2-4-14(15)18/h2-9H,10-11H2,1H3,(H,19,24). The number of hydrogen-bond acceptors (Lipinski definition) is 6. The monoisotopic (exact) mass is 373 g/mol. The first-order valence-electron chi connectivity index (χ1n) is 7.72. The van der Waals surface area contributed by atoms with E-state index in [1.54, 1.807) is 23.9 Å². The number of thioether (sulfide) groups is 1. The Morgan fingerprint density at radius 3 is 2.73 bits per heavy atom. The third-order valence-electron chi connectivity index (χ3n) is 3.47. The minimum atomic E-state index is -0.477. The van der Waals surface area contributed by atoms with E-state index < -0.39 is 5.82 Å². The number of tetrazole rings is 1. The molecule has 3 rings (SSSR count). The van der Waals surface area contributed by atoms with E-state index >= 15 is 0 Å². The maximum absolute atomic E-state index is 13.6. The van der Waals surface area contributed by atoms with E-state index in [9.17, 15) is 9.18 Å². The number of aromatic nitrogens is 4. The van der Waals surface area contributed by atoms with Crippen LogP contribution in [-0.2, 0) is 11.3 Å². The lowest BCUT2D eigenvalue weighted by Gasteiger charge is -2.07. The summed E-state index contributed by atoms with van der Waals surface area (Å²) in [4.78, 5) is 12.0. The molecule has 1 amide bonds. The van der Waals surface area contributed by atoms with Gasteiger partial charge in [-0.3, -0.25) is 4.79 Å². The third kappa shape index (κ3) is 4.57. The van der Waals surface area contributed by atoms with Gasteiger partial charge in [0.15, 0.2) is 0 Å². The highest BCUT2D eigenvalue weighted by Gasteiger charge is 2.12. The predicted molar refractivity (Wildman–Crippen MR) is 95.7 cm³/mol. The van der Waals surface area contributed by atoms with Crippen molar-refractivity contribution in [2.45, 2.75) is 11.7 Å². The molecule has 3 aromatic rings. The Bertz CT molecular complexity index is 885. The molecule has 0 unspecified atom stereocenters. The molecule has 9 heteroatoms. The fourth-order valence-electron chi connectivity index (χ4n) is 2.18. The number of nitrogens with one attached hydrogen (secondary N) is 1. The second-order valence-corrected chi connectivity index (χ2v) is 6.23. The molecule has 0 atom stereocenters. The molecule has 0 bridgehead atoms. The molecule has 1 aromatic heterocycles. The maximum atomic E-state index is 13.6. The quantitative estimate of drug-likeness (QED) is 0.641. The van der Waals surface area contributed by atoms with Gasteiger partial charge in [-0.2, -0.15) is 0 Å². The van der Waals surface area contributed by atoms with Gasteiger partial charge in [-0.15, -0.1) is 5.10 Å². The first-order chi connectivity index (χ1) is 12.7. The topological polar surface area (TPSA) is 81.9 Å². The van der Waals surface area contributed by atoms with Crippen LogP contribution in [0.5, 0.6) is 5.75 Å². The van der Waals surface area contributed by atoms with E-state index in [1.165, 1.54) is 23.9 Å². The fourth-order valence-corrected chi connectivity index (χ4v) is 2.86. The number of para-hydroxylation sites is 1. The van der Waals surface area contributed by atoms with Crippen molar-refractivity contribution >= 4 is 23.4 Å². The number of ether oxygens (including phenoxy) is 1. The van der Waals surface area contributed by atoms with Crippen LogP contribution in [-0.4, -0.2) is 39.0 Å². The molecular weight excluding hydrogens is 357 g/mol. The molecule has 0 aliphatic heterocycles. The average molecular weight is 373 g/mol. The summed E-state index contributed by atoms with van der Waals surface area (Å²) in [6.45, 7) is 0.467. The van der Waals surface area contributed by atoms with Crippen molar-refractivity contribution in [3.63, 3.8) is 0 Å². The second-order valence-electron chi connectivity index (χ2n) is 5.28. The number of nitrogens with zero attached hydrogens (tertiary/aromatic N) is 4. The molecule has 0 aliphatic rings. The Kier molecular flexibility index (Phi) is 5.80. The van der Waals surface area contributed by atoms with Gasteiger partial charge in [-0.1, -0.05) is 36.0 Å². The number of carbonyl (C=O) groups is 1. The smallest absolute Gasteiger partial charge is 0.234 e. The molecule has 0 saturated heterocycles. The molecule has 0 saturated carbocycles. The van der Waals surface area contributed by atoms with E-state index in [-0.39, 0.29) is 17.3 Å². The van der Waals surface area contributed by atoms with Crippen molar-refractivity contribution in [3.05, 3.63) is 59.9 Å². The Balaban J connectivity index is 1.58. The zero-order valence-corrected chi connectivity index (χ0v) is 14.7. The van der Waals surface area contributed by atoms with Crippen molar-refractivity contribution < 1.29 is 13.9 Å². The molecule has 26 heavy (non-hydrogen) atoms. The van der Waals surface area contributed by atoms with Gasteiger partial charge in [0, 0.05) is 0 Å². The van der Waals surface area contributed by atoms with Crippen molar-refractivity contribution in [2.75, 3.05) is 18.2 Å². The number of methoxy groups -OCH3 is 1. The van der Waals surface area contributed by atoms with Crippen LogP contribution >= 0.6 is 11.8 Å². The first-order valence-corrected chi connectivity index (χ1v) is 8.70. The normalized spacial score (nSPS) is 10.5. The van der Waals surface area contributed by atoms with E-state index in [4.69, 9.17) is 4.74 Å². The van der Waals surface area contributed by atoms with Gasteiger partial charge in [0.05, 0.1) is 25.1 Å². The van der Waals surface area contributed by atoms with Crippen LogP contribution < -0.4 is 10.1 Å². The molecule has 2 aromatic carbocycles. The zero-order chi connectivity index (χ0) is 18.4. The number of hydrogen-bond donors (Lipinski definition) is 1. The summed E-state index contributed by atoms with van der Waals surface area (Å²) < 4.78 is 20.3. The number of halogens is 1. The number of benzene rings is 2. The molecule has 1 N–H and O–H groups in total. The SMILES string of the molecule is COc1ccc(Cn2nnnc2SCC(=O)Nc2ccccc2F)cc1. The summed E-state index contributed by atoms with van der Waals surface area (Å²) in [5, 5.41) is 14.6. The Morgan fingerprint density at radius 1 is 1.23 bits per heavy atom. The lowest BCUT2D eigenvalue weighted by Crippen LogP contribution is -2.15. The lowest BCUT2D eigenvalue weighted by molar-refractivity contribution is -0.113. The van der Waals surface area contributed by atoms with Crippen molar-refractivity contribution in [2.24, 2.45) is 0 Å². The van der Waals surface area contributed by atoms with Crippen LogP contribution in [0.4, 0.5) is 10.1 Å². The summed E-state index contributed by atoms with van der Waals surface area (Å²) >= 11 is 1.18. The van der Waals surface area contributed by atoms with Crippen molar-refractivity contribution in [3.8, 4) is 5.75 Å². The highest BCUT2D eigenvalue weighted by atomic mass is 32.2. The van der Waals surface area contributed by atoms with E-state index in [2.05, 4.69) is 20.8 Å². The van der Waals surface area contributed by atoms with Crippen LogP contribution in [0.2, 0.25) is 0 Å². The van der Waals surface area contributed by atoms with E-state index in [0.29, 0.717) is 11.7 Å². The molecule has 0 aliphatic carbocycles. The lowest BCUT2D eigenvalue weighted by atomic mass is 10.2. The van der Waals surface area contributed by atoms with E-state index in [0.717, 1.165) is 11.3 Å². The summed E-state index contributed by atoms with van der Waals surface area (Å²) in [6.07, 6.45) is 0. The van der Waals surface area contributed by atoms with Crippen LogP contribution in [0, 0.1) is 5.82 Å². The maximum Gasteiger partial charge on any atom is 0.234 e. The second kappa shape index (κ2) is 8.43. The summed E-state index contributed by atoms with van der Waals surface area (Å²) in [5.74, 6) is 0.0243. The van der Waals surface area contributed by atoms with Crippen molar-refractivity contribution in [1.29, 1.82) is 0 Å². The number of anilines is 1. The minimum absolute atomic E-state index is 0.0668. The number of rotatable bonds is 7. The van der Waals surface area contributed by atoms with Crippen LogP contribution in [0.15, 0.2) is 53.7 Å². The zero-order valence-electron chi connectivity index (χ0n) is 13.9. The summed E-state index contributed by atoms with van der Waals surface area (Å²) in [7, 11) is 1.61. The predicted octanol–water partition coefficient (Wildman–Crippen LogP) is 2.60. The van der Waals surface area contributed by atoms with Gasteiger partial charge in [0.25, 0.3) is 0 Å². The highest BCUT2D eigenvalue weighted by Crippen LogP contribution is 2.18. The van der Waals surface area contributed by atoms with Crippen LogP contribution in [0.1, 0.15) is 5.56 Å². The van der Waals surface area contributed by atoms with Gasteiger partial charge < -0.3 is 10.1 Å². The molecule has 7 nitrogen and oxygen atoms in total. The van der Waals surface area contributed by atoms with E-state index in [1.807, 2.05) is 24.3 Å². The molecular formula is C17H16FN5O2S. The first kappa shape index (κ1) is 17.9. The Labute approximate surface area is 153 Å². The van der Waals surface area contributed by atoms with Crippen LogP contribution in [0.25, 0.3) is 0 Å². The number of amides is 1. The molecule has 134 valence electrons. The highest BCUT2D eigenvalue weighted by molar-refractivity contribution is 7.99. The molecule has 0 fully saturated rings. The largest absolute Gasteiger partial charge is 0.497 e. The third-order valence-corrected chi connectivity index (χ3v) is 4.43. The van der Waals surface area contributed by atoms with Gasteiger partial charge in [0.1, 0.15) is 11.6 Å². The summed E-state index contributed by atoms with van der Waals surface area (Å²) in [5.41, 5.74) is 1.15. The fraction of sp³-hybridized carbons (Fsp3) is 0.176. The summed E-state index contributed by atoms with van der Waals surface area (Å²) in [6, 6.07) is 13.6. The molecule has 0 radical (unpaired) electrons. The Morgan fingerprint density at radius 2 is 2.00 bits per heavy atom. The van der Waals surface area contributed by atoms with Gasteiger partial charge in [-0.25, -0.2) is 9.07 Å². The number of carbonyl (C=O) groups excluding carboxylic acids is 1. The van der Waals surface area contributed by atoms with Gasteiger partial charge in [-0.05, 0) is 40.3 Å². The molecule has 0 spiro atoms. The Hall–Kier alpha value is -2.94. The van der Waals surface area contributed by atoms with Gasteiger partial charge in [0.2, 0.25) is 11.1 Å². The van der Waals surface area contributed by atoms with Crippen LogP contribution in [0.3, 0.4) is 0 Å².